The zero-order chi connectivity index (χ0) is 5.15. The van der Waals surface area contributed by atoms with Crippen molar-refractivity contribution in [2.45, 2.75) is 6.23 Å². The SMILES string of the molecule is [CH2][C@@H](O)N(C)C. The monoisotopic (exact) mass is 88.1 g/mol. The van der Waals surface area contributed by atoms with Crippen LogP contribution < -0.4 is 0 Å². The molecule has 0 bridgehead atoms. The first-order valence-electron chi connectivity index (χ1n) is 1.82. The third-order valence-electron chi connectivity index (χ3n) is 0.596. The fraction of sp³-hybridized carbons (Fsp3) is 0.750. The molecule has 37 valence electrons. The first-order valence-corrected chi connectivity index (χ1v) is 1.82. The van der Waals surface area contributed by atoms with Gasteiger partial charge in [-0.25, -0.2) is 0 Å². The van der Waals surface area contributed by atoms with Crippen molar-refractivity contribution >= 4 is 0 Å². The van der Waals surface area contributed by atoms with Crippen molar-refractivity contribution in [3.8, 4) is 0 Å². The van der Waals surface area contributed by atoms with Gasteiger partial charge in [0.05, 0.1) is 0 Å². The summed E-state index contributed by atoms with van der Waals surface area (Å²) in [6.45, 7) is 3.32. The van der Waals surface area contributed by atoms with Gasteiger partial charge in [0.1, 0.15) is 6.23 Å². The Morgan fingerprint density at radius 1 is 1.67 bits per heavy atom. The molecule has 6 heavy (non-hydrogen) atoms. The van der Waals surface area contributed by atoms with Crippen LogP contribution in [-0.4, -0.2) is 30.3 Å². The standard InChI is InChI=1S/C4H10NO/c1-4(6)5(2)3/h4,6H,1H2,2-3H3/t4-/m1/s1. The molecule has 0 rings (SSSR count). The van der Waals surface area contributed by atoms with Crippen molar-refractivity contribution < 1.29 is 5.11 Å². The van der Waals surface area contributed by atoms with E-state index in [4.69, 9.17) is 5.11 Å². The van der Waals surface area contributed by atoms with E-state index >= 15 is 0 Å². The Morgan fingerprint density at radius 2 is 1.83 bits per heavy atom. The van der Waals surface area contributed by atoms with Crippen LogP contribution >= 0.6 is 0 Å². The Kier molecular flexibility index (Phi) is 2.13. The zero-order valence-electron chi connectivity index (χ0n) is 4.18. The van der Waals surface area contributed by atoms with Crippen LogP contribution in [0.4, 0.5) is 0 Å². The molecule has 0 saturated heterocycles. The summed E-state index contributed by atoms with van der Waals surface area (Å²) in [5, 5.41) is 8.44. The van der Waals surface area contributed by atoms with E-state index in [-0.39, 0.29) is 0 Å². The summed E-state index contributed by atoms with van der Waals surface area (Å²) in [6, 6.07) is 0. The van der Waals surface area contributed by atoms with Crippen LogP contribution in [0.5, 0.6) is 0 Å². The van der Waals surface area contributed by atoms with E-state index < -0.39 is 6.23 Å². The molecular formula is C4H10NO. The fourth-order valence-electron chi connectivity index (χ4n) is 0. The molecule has 0 aromatic heterocycles. The highest BCUT2D eigenvalue weighted by atomic mass is 16.3. The highest BCUT2D eigenvalue weighted by molar-refractivity contribution is 4.49. The molecule has 0 amide bonds. The van der Waals surface area contributed by atoms with Gasteiger partial charge < -0.3 is 5.11 Å². The summed E-state index contributed by atoms with van der Waals surface area (Å²) in [6.07, 6.45) is -0.565. The smallest absolute Gasteiger partial charge is 0.107 e. The molecule has 0 aromatic rings. The van der Waals surface area contributed by atoms with E-state index in [2.05, 4.69) is 6.92 Å². The summed E-state index contributed by atoms with van der Waals surface area (Å²) < 4.78 is 0. The Labute approximate surface area is 38.4 Å². The lowest BCUT2D eigenvalue weighted by Gasteiger charge is -2.10. The number of hydrogen-bond acceptors (Lipinski definition) is 2. The minimum atomic E-state index is -0.565. The highest BCUT2D eigenvalue weighted by Gasteiger charge is 1.92. The number of nitrogens with zero attached hydrogens (tertiary/aromatic N) is 1. The lowest BCUT2D eigenvalue weighted by atomic mass is 10.6. The Balaban J connectivity index is 2.99. The summed E-state index contributed by atoms with van der Waals surface area (Å²) in [4.78, 5) is 1.61. The van der Waals surface area contributed by atoms with Crippen LogP contribution in [0.3, 0.4) is 0 Å². The van der Waals surface area contributed by atoms with Crippen molar-refractivity contribution in [3.63, 3.8) is 0 Å². The van der Waals surface area contributed by atoms with Crippen molar-refractivity contribution in [1.29, 1.82) is 0 Å². The number of hydrogen-bond donors (Lipinski definition) is 1. The van der Waals surface area contributed by atoms with Crippen molar-refractivity contribution in [1.82, 2.24) is 4.90 Å². The lowest BCUT2D eigenvalue weighted by molar-refractivity contribution is 0.0811. The average molecular weight is 88.1 g/mol. The van der Waals surface area contributed by atoms with E-state index in [9.17, 15) is 0 Å². The van der Waals surface area contributed by atoms with Crippen molar-refractivity contribution in [3.05, 3.63) is 6.92 Å². The molecule has 1 N–H and O–H groups in total. The molecular weight excluding hydrogens is 78.0 g/mol. The summed E-state index contributed by atoms with van der Waals surface area (Å²) in [7, 11) is 3.52. The second kappa shape index (κ2) is 2.16. The molecule has 0 heterocycles. The second-order valence-corrected chi connectivity index (χ2v) is 1.44. The first kappa shape index (κ1) is 5.92. The molecule has 0 aliphatic heterocycles. The lowest BCUT2D eigenvalue weighted by Crippen LogP contribution is -2.23. The minimum Gasteiger partial charge on any atom is -0.378 e. The van der Waals surface area contributed by atoms with E-state index in [0.717, 1.165) is 0 Å². The fourth-order valence-corrected chi connectivity index (χ4v) is 0. The van der Waals surface area contributed by atoms with Gasteiger partial charge in [0.25, 0.3) is 0 Å². The number of rotatable bonds is 1. The van der Waals surface area contributed by atoms with Gasteiger partial charge >= 0.3 is 0 Å². The van der Waals surface area contributed by atoms with E-state index in [1.54, 1.807) is 19.0 Å². The van der Waals surface area contributed by atoms with Crippen molar-refractivity contribution in [2.75, 3.05) is 14.1 Å². The quantitative estimate of drug-likeness (QED) is 0.445. The highest BCUT2D eigenvalue weighted by Crippen LogP contribution is 1.78. The van der Waals surface area contributed by atoms with Gasteiger partial charge in [0, 0.05) is 0 Å². The summed E-state index contributed by atoms with van der Waals surface area (Å²) in [5.41, 5.74) is 0. The topological polar surface area (TPSA) is 23.5 Å². The Hall–Kier alpha value is -0.0800. The maximum absolute atomic E-state index is 8.44. The van der Waals surface area contributed by atoms with Gasteiger partial charge in [-0.05, 0) is 21.0 Å². The predicted octanol–water partition coefficient (Wildman–Crippen LogP) is -0.300. The minimum absolute atomic E-state index is 0.565. The molecule has 1 radical (unpaired) electrons. The normalized spacial score (nSPS) is 15.5. The maximum atomic E-state index is 8.44. The van der Waals surface area contributed by atoms with Gasteiger partial charge in [0.15, 0.2) is 0 Å². The molecule has 0 aliphatic rings. The Morgan fingerprint density at radius 3 is 1.83 bits per heavy atom. The molecule has 0 saturated carbocycles. The average Bonchev–Trinajstić information content (AvgIpc) is 1.36. The molecule has 1 atom stereocenters. The van der Waals surface area contributed by atoms with Crippen LogP contribution in [0.15, 0.2) is 0 Å². The summed E-state index contributed by atoms with van der Waals surface area (Å²) in [5.74, 6) is 0. The van der Waals surface area contributed by atoms with Gasteiger partial charge in [-0.3, -0.25) is 4.90 Å². The number of aliphatic hydroxyl groups excluding tert-OH is 1. The third-order valence-corrected chi connectivity index (χ3v) is 0.596. The van der Waals surface area contributed by atoms with Crippen LogP contribution in [0, 0.1) is 6.92 Å². The van der Waals surface area contributed by atoms with Gasteiger partial charge in [-0.15, -0.1) is 0 Å². The van der Waals surface area contributed by atoms with Gasteiger partial charge in [0.2, 0.25) is 0 Å². The maximum Gasteiger partial charge on any atom is 0.107 e. The molecule has 0 unspecified atom stereocenters. The summed E-state index contributed by atoms with van der Waals surface area (Å²) >= 11 is 0. The molecule has 0 aromatic carbocycles. The Bertz CT molecular complexity index is 28.5. The third kappa shape index (κ3) is 2.18. The van der Waals surface area contributed by atoms with Crippen LogP contribution in [-0.2, 0) is 0 Å². The zero-order valence-corrected chi connectivity index (χ0v) is 4.18. The predicted molar refractivity (Wildman–Crippen MR) is 25.1 cm³/mol. The number of aliphatic hydroxyl groups is 1. The second-order valence-electron chi connectivity index (χ2n) is 1.44. The van der Waals surface area contributed by atoms with Crippen LogP contribution in [0.1, 0.15) is 0 Å². The first-order chi connectivity index (χ1) is 2.64. The van der Waals surface area contributed by atoms with E-state index in [0.29, 0.717) is 0 Å². The van der Waals surface area contributed by atoms with Gasteiger partial charge in [-0.1, -0.05) is 0 Å². The van der Waals surface area contributed by atoms with E-state index in [1.165, 1.54) is 0 Å². The van der Waals surface area contributed by atoms with Crippen molar-refractivity contribution in [2.24, 2.45) is 0 Å². The van der Waals surface area contributed by atoms with Gasteiger partial charge in [-0.2, -0.15) is 0 Å². The van der Waals surface area contributed by atoms with Crippen LogP contribution in [0.25, 0.3) is 0 Å². The van der Waals surface area contributed by atoms with E-state index in [1.807, 2.05) is 0 Å². The molecule has 2 nitrogen and oxygen atoms in total. The molecule has 0 spiro atoms. The molecule has 2 heteroatoms. The molecule has 0 aliphatic carbocycles. The molecule has 0 fully saturated rings. The van der Waals surface area contributed by atoms with Crippen LogP contribution in [0.2, 0.25) is 0 Å². The largest absolute Gasteiger partial charge is 0.378 e.